The van der Waals surface area contributed by atoms with Crippen molar-refractivity contribution >= 4 is 11.8 Å². The lowest BCUT2D eigenvalue weighted by molar-refractivity contribution is 0.00170. The highest BCUT2D eigenvalue weighted by Gasteiger charge is 2.46. The first-order valence-electron chi connectivity index (χ1n) is 9.93. The number of hydrogen-bond donors (Lipinski definition) is 2. The lowest BCUT2D eigenvalue weighted by Crippen LogP contribution is -2.39. The van der Waals surface area contributed by atoms with Gasteiger partial charge in [0.15, 0.2) is 5.69 Å². The SMILES string of the molecule is O=C(O)c1cccc(NCC2CN(Cc3ccccc3)CC23CCOCC3)n1. The Balaban J connectivity index is 1.45. The molecule has 2 aliphatic heterocycles. The molecule has 6 heteroatoms. The number of benzene rings is 1. The van der Waals surface area contributed by atoms with Crippen molar-refractivity contribution in [2.24, 2.45) is 11.3 Å². The fraction of sp³-hybridized carbons (Fsp3) is 0.455. The summed E-state index contributed by atoms with van der Waals surface area (Å²) < 4.78 is 5.65. The van der Waals surface area contributed by atoms with E-state index < -0.39 is 5.97 Å². The highest BCUT2D eigenvalue weighted by molar-refractivity contribution is 5.85. The van der Waals surface area contributed by atoms with Crippen LogP contribution in [0.4, 0.5) is 5.82 Å². The first kappa shape index (κ1) is 18.9. The Hall–Kier alpha value is -2.44. The van der Waals surface area contributed by atoms with E-state index in [9.17, 15) is 4.79 Å². The molecule has 28 heavy (non-hydrogen) atoms. The number of nitrogens with one attached hydrogen (secondary N) is 1. The molecule has 2 fully saturated rings. The van der Waals surface area contributed by atoms with Crippen LogP contribution in [-0.4, -0.2) is 53.8 Å². The van der Waals surface area contributed by atoms with Crippen LogP contribution in [0.1, 0.15) is 28.9 Å². The monoisotopic (exact) mass is 381 g/mol. The number of pyridine rings is 1. The Morgan fingerprint density at radius 1 is 1.18 bits per heavy atom. The average molecular weight is 381 g/mol. The molecule has 6 nitrogen and oxygen atoms in total. The molecule has 1 aromatic heterocycles. The number of hydrogen-bond acceptors (Lipinski definition) is 5. The van der Waals surface area contributed by atoms with Gasteiger partial charge in [-0.15, -0.1) is 0 Å². The van der Waals surface area contributed by atoms with Crippen molar-refractivity contribution in [3.05, 3.63) is 59.8 Å². The van der Waals surface area contributed by atoms with E-state index in [1.807, 2.05) is 6.07 Å². The Morgan fingerprint density at radius 2 is 1.96 bits per heavy atom. The van der Waals surface area contributed by atoms with Crippen molar-refractivity contribution in [2.45, 2.75) is 19.4 Å². The molecule has 1 spiro atoms. The molecule has 1 unspecified atom stereocenters. The average Bonchev–Trinajstić information content (AvgIpc) is 3.04. The highest BCUT2D eigenvalue weighted by atomic mass is 16.5. The van der Waals surface area contributed by atoms with Crippen molar-refractivity contribution in [1.82, 2.24) is 9.88 Å². The number of nitrogens with zero attached hydrogens (tertiary/aromatic N) is 2. The summed E-state index contributed by atoms with van der Waals surface area (Å²) in [5, 5.41) is 12.5. The van der Waals surface area contributed by atoms with E-state index in [1.165, 1.54) is 11.6 Å². The molecule has 2 saturated heterocycles. The van der Waals surface area contributed by atoms with E-state index in [0.717, 1.165) is 52.2 Å². The lowest BCUT2D eigenvalue weighted by atomic mass is 9.72. The minimum Gasteiger partial charge on any atom is -0.477 e. The van der Waals surface area contributed by atoms with E-state index in [4.69, 9.17) is 9.84 Å². The summed E-state index contributed by atoms with van der Waals surface area (Å²) in [4.78, 5) is 17.9. The first-order chi connectivity index (χ1) is 13.6. The standard InChI is InChI=1S/C22H27N3O3/c26-21(27)19-7-4-8-20(24-19)23-13-18-15-25(14-17-5-2-1-3-6-17)16-22(18)9-11-28-12-10-22/h1-8,18H,9-16H2,(H,23,24)(H,26,27). The molecular formula is C22H27N3O3. The van der Waals surface area contributed by atoms with Gasteiger partial charge in [0.1, 0.15) is 5.82 Å². The summed E-state index contributed by atoms with van der Waals surface area (Å²) in [6.07, 6.45) is 2.15. The third-order valence-electron chi connectivity index (χ3n) is 6.12. The quantitative estimate of drug-likeness (QED) is 0.801. The second kappa shape index (κ2) is 8.29. The number of carbonyl (C=O) groups is 1. The van der Waals surface area contributed by atoms with Crippen LogP contribution in [0.5, 0.6) is 0 Å². The minimum atomic E-state index is -1.00. The van der Waals surface area contributed by atoms with Crippen molar-refractivity contribution in [1.29, 1.82) is 0 Å². The molecule has 0 saturated carbocycles. The van der Waals surface area contributed by atoms with Gasteiger partial charge in [-0.05, 0) is 41.9 Å². The summed E-state index contributed by atoms with van der Waals surface area (Å²) in [6.45, 7) is 5.51. The predicted octanol–water partition coefficient (Wildman–Crippen LogP) is 3.12. The topological polar surface area (TPSA) is 74.7 Å². The summed E-state index contributed by atoms with van der Waals surface area (Å²) in [5.74, 6) is 0.110. The molecule has 1 atom stereocenters. The zero-order chi connectivity index (χ0) is 19.4. The van der Waals surface area contributed by atoms with E-state index >= 15 is 0 Å². The lowest BCUT2D eigenvalue weighted by Gasteiger charge is -2.38. The van der Waals surface area contributed by atoms with E-state index in [1.54, 1.807) is 6.07 Å². The number of carboxylic acid groups (broad SMARTS) is 1. The molecule has 1 aromatic carbocycles. The largest absolute Gasteiger partial charge is 0.477 e. The van der Waals surface area contributed by atoms with E-state index in [0.29, 0.717) is 11.7 Å². The molecule has 2 aromatic rings. The predicted molar refractivity (Wildman–Crippen MR) is 107 cm³/mol. The molecule has 0 bridgehead atoms. The number of rotatable bonds is 6. The summed E-state index contributed by atoms with van der Waals surface area (Å²) in [5.41, 5.74) is 1.67. The van der Waals surface area contributed by atoms with Crippen molar-refractivity contribution in [2.75, 3.05) is 38.2 Å². The molecule has 4 rings (SSSR count). The Bertz CT molecular complexity index is 806. The van der Waals surface area contributed by atoms with Gasteiger partial charge in [0, 0.05) is 39.4 Å². The van der Waals surface area contributed by atoms with Gasteiger partial charge >= 0.3 is 5.97 Å². The number of ether oxygens (including phenoxy) is 1. The van der Waals surface area contributed by atoms with Gasteiger partial charge in [-0.2, -0.15) is 0 Å². The maximum Gasteiger partial charge on any atom is 0.354 e. The zero-order valence-corrected chi connectivity index (χ0v) is 16.0. The van der Waals surface area contributed by atoms with Gasteiger partial charge in [0.05, 0.1) is 0 Å². The molecule has 0 aliphatic carbocycles. The number of aromatic carboxylic acids is 1. The second-order valence-electron chi connectivity index (χ2n) is 7.92. The van der Waals surface area contributed by atoms with Gasteiger partial charge in [0.25, 0.3) is 0 Å². The first-order valence-corrected chi connectivity index (χ1v) is 9.93. The zero-order valence-electron chi connectivity index (χ0n) is 16.0. The van der Waals surface area contributed by atoms with Crippen LogP contribution in [0.3, 0.4) is 0 Å². The Morgan fingerprint density at radius 3 is 2.71 bits per heavy atom. The molecule has 3 heterocycles. The molecule has 0 amide bonds. The molecule has 0 radical (unpaired) electrons. The maximum atomic E-state index is 11.2. The Kier molecular flexibility index (Phi) is 5.59. The fourth-order valence-electron chi connectivity index (χ4n) is 4.61. The van der Waals surface area contributed by atoms with E-state index in [-0.39, 0.29) is 11.1 Å². The summed E-state index contributed by atoms with van der Waals surface area (Å²) in [6, 6.07) is 15.7. The summed E-state index contributed by atoms with van der Waals surface area (Å²) >= 11 is 0. The van der Waals surface area contributed by atoms with Crippen LogP contribution >= 0.6 is 0 Å². The van der Waals surface area contributed by atoms with Crippen molar-refractivity contribution in [3.8, 4) is 0 Å². The van der Waals surface area contributed by atoms with Gasteiger partial charge in [-0.1, -0.05) is 36.4 Å². The normalized spacial score (nSPS) is 21.6. The van der Waals surface area contributed by atoms with Crippen molar-refractivity contribution < 1.29 is 14.6 Å². The minimum absolute atomic E-state index is 0.0721. The third kappa shape index (κ3) is 4.18. The van der Waals surface area contributed by atoms with E-state index in [2.05, 4.69) is 45.5 Å². The van der Waals surface area contributed by atoms with Gasteiger partial charge in [-0.3, -0.25) is 4.90 Å². The van der Waals surface area contributed by atoms with Crippen LogP contribution in [0.2, 0.25) is 0 Å². The molecular weight excluding hydrogens is 354 g/mol. The molecule has 2 N–H and O–H groups in total. The number of carboxylic acids is 1. The Labute approximate surface area is 165 Å². The van der Waals surface area contributed by atoms with Crippen LogP contribution in [0, 0.1) is 11.3 Å². The van der Waals surface area contributed by atoms with Crippen LogP contribution in [0.15, 0.2) is 48.5 Å². The van der Waals surface area contributed by atoms with Gasteiger partial charge in [0.2, 0.25) is 0 Å². The summed E-state index contributed by atoms with van der Waals surface area (Å²) in [7, 11) is 0. The smallest absolute Gasteiger partial charge is 0.354 e. The van der Waals surface area contributed by atoms with Crippen LogP contribution < -0.4 is 5.32 Å². The van der Waals surface area contributed by atoms with Gasteiger partial charge < -0.3 is 15.2 Å². The van der Waals surface area contributed by atoms with Crippen LogP contribution in [-0.2, 0) is 11.3 Å². The molecule has 148 valence electrons. The van der Waals surface area contributed by atoms with Crippen molar-refractivity contribution in [3.63, 3.8) is 0 Å². The maximum absolute atomic E-state index is 11.2. The second-order valence-corrected chi connectivity index (χ2v) is 7.92. The number of aromatic nitrogens is 1. The van der Waals surface area contributed by atoms with Crippen LogP contribution in [0.25, 0.3) is 0 Å². The highest BCUT2D eigenvalue weighted by Crippen LogP contribution is 2.44. The fourth-order valence-corrected chi connectivity index (χ4v) is 4.61. The third-order valence-corrected chi connectivity index (χ3v) is 6.12. The number of anilines is 1. The molecule has 2 aliphatic rings. The van der Waals surface area contributed by atoms with Gasteiger partial charge in [-0.25, -0.2) is 9.78 Å². The number of likely N-dealkylation sites (tertiary alicyclic amines) is 1.